The van der Waals surface area contributed by atoms with E-state index in [2.05, 4.69) is 34.9 Å². The fourth-order valence-electron chi connectivity index (χ4n) is 5.70. The number of pyridine rings is 1. The van der Waals surface area contributed by atoms with Crippen LogP contribution in [0.1, 0.15) is 37.3 Å². The van der Waals surface area contributed by atoms with Crippen molar-refractivity contribution in [1.82, 2.24) is 14.8 Å². The van der Waals surface area contributed by atoms with Crippen molar-refractivity contribution in [2.75, 3.05) is 46.6 Å². The van der Waals surface area contributed by atoms with Crippen LogP contribution in [0.4, 0.5) is 8.78 Å². The maximum Gasteiger partial charge on any atom is 0.303 e. The highest BCUT2D eigenvalue weighted by molar-refractivity contribution is 7.99. The number of thioether (sulfide) groups is 1. The first-order chi connectivity index (χ1) is 18.7. The first-order valence-corrected chi connectivity index (χ1v) is 14.3. The number of methoxy groups -OCH3 is 1. The lowest BCUT2D eigenvalue weighted by atomic mass is 9.79. The second-order valence-electron chi connectivity index (χ2n) is 10.5. The van der Waals surface area contributed by atoms with Gasteiger partial charge in [-0.15, -0.1) is 11.8 Å². The second kappa shape index (κ2) is 13.5. The molecule has 3 aromatic rings. The molecule has 0 amide bonds. The Morgan fingerprint density at radius 2 is 2.03 bits per heavy atom. The molecule has 0 radical (unpaired) electrons. The number of halogens is 2. The van der Waals surface area contributed by atoms with Crippen molar-refractivity contribution in [3.63, 3.8) is 0 Å². The number of aliphatic carboxylic acids is 1. The molecule has 0 bridgehead atoms. The molecule has 3 atom stereocenters. The minimum Gasteiger partial charge on any atom is -0.497 e. The van der Waals surface area contributed by atoms with Gasteiger partial charge < -0.3 is 19.6 Å². The fourth-order valence-corrected chi connectivity index (χ4v) is 6.67. The molecule has 1 aliphatic rings. The van der Waals surface area contributed by atoms with E-state index >= 15 is 0 Å². The molecule has 1 aromatic heterocycles. The lowest BCUT2D eigenvalue weighted by Gasteiger charge is -2.39. The fraction of sp³-hybridized carbons (Fsp3) is 0.467. The van der Waals surface area contributed by atoms with Crippen LogP contribution in [0.15, 0.2) is 53.6 Å². The van der Waals surface area contributed by atoms with Gasteiger partial charge in [-0.3, -0.25) is 9.78 Å². The lowest BCUT2D eigenvalue weighted by Crippen LogP contribution is -2.42. The molecular formula is C30H37F2N3O3S. The molecule has 0 saturated carbocycles. The zero-order chi connectivity index (χ0) is 27.9. The quantitative estimate of drug-likeness (QED) is 0.270. The molecule has 0 aliphatic carbocycles. The van der Waals surface area contributed by atoms with E-state index in [1.165, 1.54) is 23.4 Å². The second-order valence-corrected chi connectivity index (χ2v) is 11.6. The highest BCUT2D eigenvalue weighted by atomic mass is 32.2. The smallest absolute Gasteiger partial charge is 0.303 e. The predicted octanol–water partition coefficient (Wildman–Crippen LogP) is 6.11. The number of aromatic nitrogens is 1. The summed E-state index contributed by atoms with van der Waals surface area (Å²) in [4.78, 5) is 21.1. The number of likely N-dealkylation sites (tertiary alicyclic amines) is 1. The van der Waals surface area contributed by atoms with Crippen LogP contribution in [0, 0.1) is 23.5 Å². The Labute approximate surface area is 233 Å². The molecule has 6 nitrogen and oxygen atoms in total. The van der Waals surface area contributed by atoms with Gasteiger partial charge in [0.15, 0.2) is 0 Å². The van der Waals surface area contributed by atoms with Gasteiger partial charge in [-0.25, -0.2) is 8.78 Å². The Bertz CT molecular complexity index is 1280. The van der Waals surface area contributed by atoms with E-state index in [-0.39, 0.29) is 18.4 Å². The zero-order valence-electron chi connectivity index (χ0n) is 22.8. The normalized spacial score (nSPS) is 18.9. The summed E-state index contributed by atoms with van der Waals surface area (Å²) in [5, 5.41) is 10.7. The number of nitrogens with zero attached hydrogens (tertiary/aromatic N) is 3. The first kappa shape index (κ1) is 29.2. The third kappa shape index (κ3) is 7.68. The van der Waals surface area contributed by atoms with Crippen LogP contribution < -0.4 is 4.74 Å². The molecule has 9 heteroatoms. The Balaban J connectivity index is 1.41. The van der Waals surface area contributed by atoms with Crippen LogP contribution in [-0.2, 0) is 4.79 Å². The summed E-state index contributed by atoms with van der Waals surface area (Å²) in [6.45, 7) is 2.27. The van der Waals surface area contributed by atoms with Crippen molar-refractivity contribution in [1.29, 1.82) is 0 Å². The number of carboxylic acids is 1. The van der Waals surface area contributed by atoms with Crippen LogP contribution in [0.5, 0.6) is 5.75 Å². The third-order valence-electron chi connectivity index (χ3n) is 7.75. The van der Waals surface area contributed by atoms with Crippen LogP contribution in [-0.4, -0.2) is 72.5 Å². The van der Waals surface area contributed by atoms with Gasteiger partial charge in [0, 0.05) is 47.8 Å². The van der Waals surface area contributed by atoms with Crippen molar-refractivity contribution < 1.29 is 23.4 Å². The van der Waals surface area contributed by atoms with Crippen molar-refractivity contribution >= 4 is 28.6 Å². The third-order valence-corrected chi connectivity index (χ3v) is 8.76. The van der Waals surface area contributed by atoms with Crippen LogP contribution >= 0.6 is 11.8 Å². The van der Waals surface area contributed by atoms with E-state index in [0.29, 0.717) is 29.7 Å². The van der Waals surface area contributed by atoms with Gasteiger partial charge in [0.25, 0.3) is 0 Å². The summed E-state index contributed by atoms with van der Waals surface area (Å²) in [5.41, 5.74) is 2.12. The van der Waals surface area contributed by atoms with E-state index in [4.69, 9.17) is 4.74 Å². The summed E-state index contributed by atoms with van der Waals surface area (Å²) >= 11 is 1.30. The first-order valence-electron chi connectivity index (χ1n) is 13.4. The number of benzene rings is 2. The van der Waals surface area contributed by atoms with Crippen molar-refractivity contribution in [3.05, 3.63) is 65.9 Å². The molecular weight excluding hydrogens is 520 g/mol. The largest absolute Gasteiger partial charge is 0.497 e. The minimum atomic E-state index is -0.778. The predicted molar refractivity (Wildman–Crippen MR) is 151 cm³/mol. The number of ether oxygens (including phenoxy) is 1. The molecule has 1 saturated heterocycles. The average molecular weight is 558 g/mol. The molecule has 4 rings (SSSR count). The molecule has 39 heavy (non-hydrogen) atoms. The number of rotatable bonds is 12. The van der Waals surface area contributed by atoms with E-state index in [9.17, 15) is 18.7 Å². The van der Waals surface area contributed by atoms with Gasteiger partial charge in [-0.1, -0.05) is 0 Å². The van der Waals surface area contributed by atoms with Gasteiger partial charge in [-0.2, -0.15) is 0 Å². The molecule has 2 aromatic carbocycles. The standard InChI is InChI=1S/C30H37F2N3O3S/c1-34(2)28(24-10-12-33-27-8-6-23(38-3)18-25(24)27)9-4-20-11-13-35(19-21(20)16-30(36)37)14-15-39-29-17-22(31)5-7-26(29)32/h5-8,10,12,17-18,20-21,28H,4,9,11,13-16,19H2,1-3H3,(H,36,37)/t20-,21+,28?/m1/s1. The van der Waals surface area contributed by atoms with E-state index in [0.717, 1.165) is 54.6 Å². The summed E-state index contributed by atoms with van der Waals surface area (Å²) in [6.07, 6.45) is 4.72. The SMILES string of the molecule is COc1ccc2nccc(C(CC[C@@H]3CCN(CCSc4cc(F)ccc4F)C[C@@H]3CC(=O)O)N(C)C)c2c1. The number of hydrogen-bond acceptors (Lipinski definition) is 6. The molecule has 1 N–H and O–H groups in total. The average Bonchev–Trinajstić information content (AvgIpc) is 2.91. The lowest BCUT2D eigenvalue weighted by molar-refractivity contribution is -0.139. The molecule has 210 valence electrons. The Morgan fingerprint density at radius 3 is 2.77 bits per heavy atom. The number of carbonyl (C=O) groups is 1. The van der Waals surface area contributed by atoms with Crippen LogP contribution in [0.25, 0.3) is 10.9 Å². The van der Waals surface area contributed by atoms with E-state index in [1.807, 2.05) is 24.4 Å². The maximum absolute atomic E-state index is 14.0. The Morgan fingerprint density at radius 1 is 1.21 bits per heavy atom. The monoisotopic (exact) mass is 557 g/mol. The van der Waals surface area contributed by atoms with Gasteiger partial charge in [0.05, 0.1) is 12.6 Å². The van der Waals surface area contributed by atoms with Gasteiger partial charge in [0.2, 0.25) is 0 Å². The molecule has 1 fully saturated rings. The van der Waals surface area contributed by atoms with Gasteiger partial charge >= 0.3 is 5.97 Å². The zero-order valence-corrected chi connectivity index (χ0v) is 23.6. The van der Waals surface area contributed by atoms with Crippen molar-refractivity contribution in [3.8, 4) is 5.75 Å². The Kier molecular flexibility index (Phi) is 10.2. The van der Waals surface area contributed by atoms with Gasteiger partial charge in [-0.05, 0) is 99.8 Å². The number of piperidine rings is 1. The van der Waals surface area contributed by atoms with E-state index in [1.54, 1.807) is 7.11 Å². The topological polar surface area (TPSA) is 65.9 Å². The summed E-state index contributed by atoms with van der Waals surface area (Å²) in [6, 6.07) is 11.7. The summed E-state index contributed by atoms with van der Waals surface area (Å²) in [7, 11) is 5.81. The van der Waals surface area contributed by atoms with E-state index < -0.39 is 17.6 Å². The van der Waals surface area contributed by atoms with Crippen LogP contribution in [0.2, 0.25) is 0 Å². The number of fused-ring (bicyclic) bond motifs is 1. The molecule has 1 aliphatic heterocycles. The molecule has 2 heterocycles. The molecule has 1 unspecified atom stereocenters. The number of hydrogen-bond donors (Lipinski definition) is 1. The minimum absolute atomic E-state index is 0.0456. The molecule has 0 spiro atoms. The Hall–Kier alpha value is -2.75. The van der Waals surface area contributed by atoms with Gasteiger partial charge in [0.1, 0.15) is 17.4 Å². The highest BCUT2D eigenvalue weighted by Crippen LogP contribution is 2.36. The highest BCUT2D eigenvalue weighted by Gasteiger charge is 2.31. The van der Waals surface area contributed by atoms with Crippen molar-refractivity contribution in [2.45, 2.75) is 36.6 Å². The van der Waals surface area contributed by atoms with Crippen molar-refractivity contribution in [2.24, 2.45) is 11.8 Å². The van der Waals surface area contributed by atoms with Crippen LogP contribution in [0.3, 0.4) is 0 Å². The number of carboxylic acid groups (broad SMARTS) is 1. The maximum atomic E-state index is 14.0. The summed E-state index contributed by atoms with van der Waals surface area (Å²) < 4.78 is 32.9. The summed E-state index contributed by atoms with van der Waals surface area (Å²) in [5.74, 6) is 0.114.